The fraction of sp³-hybridized carbons (Fsp3) is 0.348. The molecule has 0 aliphatic carbocycles. The van der Waals surface area contributed by atoms with E-state index in [1.165, 1.54) is 65.6 Å². The summed E-state index contributed by atoms with van der Waals surface area (Å²) in [6.07, 6.45) is -12.1. The number of hydrogen-bond acceptors (Lipinski definition) is 17. The maximum Gasteiger partial charge on any atom is 0.311 e. The number of rotatable bonds is 26. The van der Waals surface area contributed by atoms with Crippen LogP contribution in [0.1, 0.15) is 58.4 Å². The smallest absolute Gasteiger partial charge is 0.311 e. The molecule has 3 aliphatic heterocycles. The van der Waals surface area contributed by atoms with E-state index >= 15 is 0 Å². The van der Waals surface area contributed by atoms with E-state index in [1.54, 1.807) is 12.1 Å². The van der Waals surface area contributed by atoms with Gasteiger partial charge in [0.1, 0.15) is 84.2 Å². The van der Waals surface area contributed by atoms with Gasteiger partial charge in [0, 0.05) is 16.4 Å². The van der Waals surface area contributed by atoms with Gasteiger partial charge >= 0.3 is 10.1 Å². The van der Waals surface area contributed by atoms with Crippen molar-refractivity contribution in [3.05, 3.63) is 239 Å². The largest absolute Gasteiger partial charge is 0.394 e. The summed E-state index contributed by atoms with van der Waals surface area (Å²) in [4.78, 5) is 14.8. The maximum atomic E-state index is 13.6. The molecule has 0 spiro atoms. The Morgan fingerprint density at radius 3 is 1.51 bits per heavy atom. The van der Waals surface area contributed by atoms with Crippen molar-refractivity contribution < 1.29 is 88.5 Å². The Labute approximate surface area is 520 Å². The average Bonchev–Trinajstić information content (AvgIpc) is 1.27. The topological polar surface area (TPSA) is 254 Å². The van der Waals surface area contributed by atoms with E-state index < -0.39 is 128 Å². The first-order valence-electron chi connectivity index (χ1n) is 28.8. The van der Waals surface area contributed by atoms with Crippen molar-refractivity contribution in [2.75, 3.05) is 29.6 Å². The van der Waals surface area contributed by atoms with Crippen LogP contribution in [0.2, 0.25) is 0 Å². The van der Waals surface area contributed by atoms with E-state index in [2.05, 4.69) is 0 Å². The van der Waals surface area contributed by atoms with Gasteiger partial charge in [0.15, 0.2) is 0 Å². The van der Waals surface area contributed by atoms with Crippen molar-refractivity contribution in [1.29, 1.82) is 0 Å². The standard InChI is InChI=1S/C35H37ClO7S.C31H33F2NO10S/c36-44(37,38)26-32-34(41-23-29-17-9-3-10-18-29)35(42-24-30-19-11-4-12-20-30)33(40-22-28-15-7-2-8-16-28)31(43-32)25-39-21-27-13-5-1-6-14-27;32-19-5-1-17(2-6-19)24(36)14-13-23-27(34(31(23)40)21-9-7-20(33)8-10-21)18-3-11-22(12-4-18)44-45(41,42)16-26-29(38)30(39)28(37)25(15-35)43-26/h1-20,31-35H,21-26H2;1-12,23-30,35-39H,13-16H2/t;23-,24+,25?,26?,27-,28?,29?,30?/m.1/s1. The molecule has 89 heavy (non-hydrogen) atoms. The third-order valence-corrected chi connectivity index (χ3v) is 17.8. The second-order valence-electron chi connectivity index (χ2n) is 21.8. The van der Waals surface area contributed by atoms with E-state index in [-0.39, 0.29) is 44.3 Å². The number of amides is 1. The Kier molecular flexibility index (Phi) is 23.6. The summed E-state index contributed by atoms with van der Waals surface area (Å²) in [6, 6.07) is 55.2. The number of halogens is 3. The SMILES string of the molecule is O=C1[C@H](CC[C@H](O)c2ccc(F)cc2)[C@@H](c2ccc(OS(=O)(=O)CC3OC(CO)C(O)C(O)C3O)cc2)N1c1ccc(F)cc1.O=S(=O)(Cl)CC1OC(COCc2ccccc2)C(OCc2ccccc2)C(OCc2ccccc2)C1OCc1ccccc1. The highest BCUT2D eigenvalue weighted by molar-refractivity contribution is 8.13. The molecule has 23 heteroatoms. The predicted molar refractivity (Wildman–Crippen MR) is 325 cm³/mol. The number of carbonyl (C=O) groups excluding carboxylic acids is 1. The highest BCUT2D eigenvalue weighted by atomic mass is 35.7. The number of anilines is 1. The summed E-state index contributed by atoms with van der Waals surface area (Å²) < 4.78 is 120. The van der Waals surface area contributed by atoms with E-state index in [0.29, 0.717) is 30.0 Å². The van der Waals surface area contributed by atoms with Crippen molar-refractivity contribution in [2.45, 2.75) is 112 Å². The predicted octanol–water partition coefficient (Wildman–Crippen LogP) is 8.03. The molecule has 3 heterocycles. The number of ether oxygens (including phenoxy) is 6. The molecule has 13 atom stereocenters. The van der Waals surface area contributed by atoms with Crippen LogP contribution in [0.5, 0.6) is 5.75 Å². The lowest BCUT2D eigenvalue weighted by molar-refractivity contribution is -0.268. The van der Waals surface area contributed by atoms with Crippen LogP contribution >= 0.6 is 10.7 Å². The van der Waals surface area contributed by atoms with E-state index in [1.807, 2.05) is 121 Å². The first-order chi connectivity index (χ1) is 42.8. The van der Waals surface area contributed by atoms with Crippen LogP contribution in [0.3, 0.4) is 0 Å². The molecule has 0 radical (unpaired) electrons. The molecule has 10 rings (SSSR count). The van der Waals surface area contributed by atoms with E-state index in [0.717, 1.165) is 22.3 Å². The van der Waals surface area contributed by atoms with Crippen LogP contribution in [0.15, 0.2) is 194 Å². The fourth-order valence-corrected chi connectivity index (χ4v) is 13.1. The van der Waals surface area contributed by atoms with E-state index in [9.17, 15) is 55.9 Å². The summed E-state index contributed by atoms with van der Waals surface area (Å²) in [6.45, 7) is 0.560. The fourth-order valence-electron chi connectivity index (χ4n) is 10.9. The average molecular weight is 1290 g/mol. The Balaban J connectivity index is 0.000000211. The molecule has 10 unspecified atom stereocenters. The molecule has 5 N–H and O–H groups in total. The van der Waals surface area contributed by atoms with Gasteiger partial charge in [0.05, 0.1) is 63.5 Å². The molecule has 3 aliphatic rings. The third-order valence-electron chi connectivity index (χ3n) is 15.5. The van der Waals surface area contributed by atoms with Gasteiger partial charge in [-0.15, -0.1) is 0 Å². The summed E-state index contributed by atoms with van der Waals surface area (Å²) in [5.74, 6) is -3.18. The van der Waals surface area contributed by atoms with Gasteiger partial charge in [-0.05, 0) is 94.8 Å². The summed E-state index contributed by atoms with van der Waals surface area (Å²) in [5, 5.41) is 50.1. The van der Waals surface area contributed by atoms with Crippen LogP contribution in [0.4, 0.5) is 14.5 Å². The normalized spacial score (nSPS) is 24.9. The number of carbonyl (C=O) groups is 1. The molecule has 7 aromatic rings. The number of aliphatic hydroxyl groups is 5. The summed E-state index contributed by atoms with van der Waals surface area (Å²) >= 11 is 0. The van der Waals surface area contributed by atoms with Gasteiger partial charge < -0.3 is 63.0 Å². The van der Waals surface area contributed by atoms with Gasteiger partial charge in [-0.25, -0.2) is 17.2 Å². The number of benzene rings is 7. The van der Waals surface area contributed by atoms with Gasteiger partial charge in [-0.2, -0.15) is 8.42 Å². The van der Waals surface area contributed by atoms with Crippen LogP contribution < -0.4 is 9.08 Å². The van der Waals surface area contributed by atoms with Crippen molar-refractivity contribution in [3.63, 3.8) is 0 Å². The van der Waals surface area contributed by atoms with Gasteiger partial charge in [-0.3, -0.25) is 4.79 Å². The van der Waals surface area contributed by atoms with Gasteiger partial charge in [0.25, 0.3) is 0 Å². The summed E-state index contributed by atoms with van der Waals surface area (Å²) in [5.41, 5.74) is 5.43. The lowest BCUT2D eigenvalue weighted by Gasteiger charge is -2.48. The number of aliphatic hydroxyl groups excluding tert-OH is 5. The molecule has 18 nitrogen and oxygen atoms in total. The minimum absolute atomic E-state index is 0.0920. The Bertz CT molecular complexity index is 3540. The van der Waals surface area contributed by atoms with Crippen LogP contribution in [0, 0.1) is 17.6 Å². The first-order valence-corrected chi connectivity index (χ1v) is 32.9. The number of β-lactam (4-membered cyclic amide) rings is 1. The lowest BCUT2D eigenvalue weighted by atomic mass is 9.78. The quantitative estimate of drug-likeness (QED) is 0.0195. The first kappa shape index (κ1) is 66.8. The molecule has 474 valence electrons. The molecular weight excluding hydrogens is 1220 g/mol. The molecule has 3 fully saturated rings. The Morgan fingerprint density at radius 1 is 0.539 bits per heavy atom. The lowest BCUT2D eigenvalue weighted by Crippen LogP contribution is -2.62. The molecule has 0 bridgehead atoms. The number of hydrogen-bond donors (Lipinski definition) is 5. The van der Waals surface area contributed by atoms with E-state index in [4.69, 9.17) is 43.3 Å². The molecule has 0 saturated carbocycles. The minimum atomic E-state index is -4.40. The molecular formula is C66H70ClF2NO17S2. The Hall–Kier alpha value is -6.58. The minimum Gasteiger partial charge on any atom is -0.394 e. The van der Waals surface area contributed by atoms with Crippen LogP contribution in [0.25, 0.3) is 0 Å². The monoisotopic (exact) mass is 1290 g/mol. The second-order valence-corrected chi connectivity index (χ2v) is 26.3. The van der Waals surface area contributed by atoms with Crippen molar-refractivity contribution >= 4 is 41.4 Å². The van der Waals surface area contributed by atoms with Gasteiger partial charge in [0.2, 0.25) is 15.0 Å². The molecule has 3 saturated heterocycles. The zero-order valence-corrected chi connectivity index (χ0v) is 50.5. The molecule has 7 aromatic carbocycles. The highest BCUT2D eigenvalue weighted by Gasteiger charge is 2.51. The zero-order chi connectivity index (χ0) is 63.1. The molecule has 0 aromatic heterocycles. The summed E-state index contributed by atoms with van der Waals surface area (Å²) in [7, 11) is -2.55. The third kappa shape index (κ3) is 18.5. The second kappa shape index (κ2) is 31.4. The zero-order valence-electron chi connectivity index (χ0n) is 48.1. The Morgan fingerprint density at radius 2 is 1.00 bits per heavy atom. The number of nitrogens with zero attached hydrogens (tertiary/aromatic N) is 1. The maximum absolute atomic E-state index is 13.6. The van der Waals surface area contributed by atoms with Crippen LogP contribution in [-0.4, -0.2) is 134 Å². The van der Waals surface area contributed by atoms with Crippen molar-refractivity contribution in [2.24, 2.45) is 5.92 Å². The highest BCUT2D eigenvalue weighted by Crippen LogP contribution is 2.47. The van der Waals surface area contributed by atoms with Crippen molar-refractivity contribution in [1.82, 2.24) is 0 Å². The van der Waals surface area contributed by atoms with Gasteiger partial charge in [-0.1, -0.05) is 146 Å². The van der Waals surface area contributed by atoms with Crippen LogP contribution in [-0.2, 0) is 78.8 Å². The van der Waals surface area contributed by atoms with Crippen molar-refractivity contribution in [3.8, 4) is 5.75 Å². The molecule has 1 amide bonds.